The van der Waals surface area contributed by atoms with Gasteiger partial charge in [0.05, 0.1) is 46.2 Å². The standard InChI is InChI=1S/C25H32N6O3S.2C12H12N2.Os/c1-16-9-11-26-18(13-16)19-14-17(10-12-27-19)5-4-8-23(33)31-30-22(32)7-3-2-6-21-24-20(15-35-21)28-25(34)29-24;2*1-9-3-5-13-11(7-9)12-8-10(2)4-6-14-12;/h9-14,20-21,24H,2-8,15H2,1H3,(H,30,32)(H,31,33)(H2,28,29,34);2*3-8H,1-2H3;. The minimum Gasteiger partial charge on any atom is -0.332 e. The number of pyridine rings is 6. The van der Waals surface area contributed by atoms with E-state index in [1.165, 1.54) is 22.3 Å². The van der Waals surface area contributed by atoms with Crippen LogP contribution in [0.25, 0.3) is 34.2 Å². The van der Waals surface area contributed by atoms with Crippen LogP contribution in [0.2, 0.25) is 0 Å². The molecule has 15 heteroatoms. The molecule has 0 spiro atoms. The average Bonchev–Trinajstić information content (AvgIpc) is 3.84. The van der Waals surface area contributed by atoms with Crippen LogP contribution >= 0.6 is 11.8 Å². The van der Waals surface area contributed by atoms with Crippen LogP contribution in [0.1, 0.15) is 71.9 Å². The molecule has 4 amide bonds. The zero-order chi connectivity index (χ0) is 44.6. The van der Waals surface area contributed by atoms with Gasteiger partial charge in [0, 0.05) is 80.8 Å². The Kier molecular flexibility index (Phi) is 19.0. The van der Waals surface area contributed by atoms with E-state index in [1.807, 2.05) is 116 Å². The van der Waals surface area contributed by atoms with Crippen molar-refractivity contribution in [2.45, 2.75) is 96.9 Å². The van der Waals surface area contributed by atoms with E-state index in [0.717, 1.165) is 76.7 Å². The van der Waals surface area contributed by atoms with Gasteiger partial charge in [-0.05, 0) is 166 Å². The number of nitrogens with one attached hydrogen (secondary N) is 4. The Morgan fingerprint density at radius 2 is 0.953 bits per heavy atom. The van der Waals surface area contributed by atoms with E-state index in [2.05, 4.69) is 79.1 Å². The first-order valence-electron chi connectivity index (χ1n) is 21.3. The fourth-order valence-electron chi connectivity index (χ4n) is 7.14. The molecular formula is C49H56N10O3OsS. The summed E-state index contributed by atoms with van der Waals surface area (Å²) in [6.45, 7) is 10.2. The van der Waals surface area contributed by atoms with Gasteiger partial charge in [-0.3, -0.25) is 50.3 Å². The molecule has 8 heterocycles. The SMILES string of the molecule is Cc1ccnc(-c2cc(C)ccn2)c1.Cc1ccnc(-c2cc(C)ccn2)c1.Cc1ccnc(-c2cc(CCCC(=O)NNC(=O)CCCCC3SCC4NC(=O)NC43)ccn2)c1.[Os]. The second-order valence-corrected chi connectivity index (χ2v) is 17.2. The van der Waals surface area contributed by atoms with Crippen molar-refractivity contribution in [1.29, 1.82) is 0 Å². The van der Waals surface area contributed by atoms with Gasteiger partial charge in [0.1, 0.15) is 0 Å². The monoisotopic (exact) mass is 1060 g/mol. The molecule has 4 N–H and O–H groups in total. The second-order valence-electron chi connectivity index (χ2n) is 16.0. The van der Waals surface area contributed by atoms with Gasteiger partial charge < -0.3 is 10.6 Å². The van der Waals surface area contributed by atoms with Gasteiger partial charge in [-0.25, -0.2) is 4.79 Å². The van der Waals surface area contributed by atoms with Crippen LogP contribution in [0.4, 0.5) is 4.79 Å². The summed E-state index contributed by atoms with van der Waals surface area (Å²) in [6, 6.07) is 24.3. The molecule has 0 saturated carbocycles. The first kappa shape index (κ1) is 49.1. The molecular weight excluding hydrogens is 999 g/mol. The van der Waals surface area contributed by atoms with Crippen LogP contribution in [-0.2, 0) is 35.8 Å². The number of urea groups is 1. The molecule has 13 nitrogen and oxygen atoms in total. The molecule has 2 saturated heterocycles. The normalized spacial score (nSPS) is 15.7. The summed E-state index contributed by atoms with van der Waals surface area (Å²) < 4.78 is 0. The predicted molar refractivity (Wildman–Crippen MR) is 249 cm³/mol. The first-order valence-corrected chi connectivity index (χ1v) is 22.4. The summed E-state index contributed by atoms with van der Waals surface area (Å²) in [5, 5.41) is 6.31. The smallest absolute Gasteiger partial charge is 0.315 e. The molecule has 0 radical (unpaired) electrons. The van der Waals surface area contributed by atoms with Gasteiger partial charge in [-0.15, -0.1) is 0 Å². The molecule has 0 aliphatic carbocycles. The van der Waals surface area contributed by atoms with Crippen LogP contribution in [0.15, 0.2) is 110 Å². The van der Waals surface area contributed by atoms with E-state index in [-0.39, 0.29) is 49.7 Å². The number of hydrogen-bond donors (Lipinski definition) is 4. The van der Waals surface area contributed by atoms with Crippen molar-refractivity contribution in [3.63, 3.8) is 0 Å². The molecule has 3 unspecified atom stereocenters. The Hall–Kier alpha value is -5.90. The summed E-state index contributed by atoms with van der Waals surface area (Å²) in [6.07, 6.45) is 15.5. The molecule has 3 atom stereocenters. The third-order valence-corrected chi connectivity index (χ3v) is 12.0. The van der Waals surface area contributed by atoms with Gasteiger partial charge >= 0.3 is 6.03 Å². The maximum absolute atomic E-state index is 12.1. The number of amides is 4. The quantitative estimate of drug-likeness (QED) is 0.0532. The molecule has 0 bridgehead atoms. The summed E-state index contributed by atoms with van der Waals surface area (Å²) in [5.41, 5.74) is 17.5. The van der Waals surface area contributed by atoms with Crippen molar-refractivity contribution in [2.24, 2.45) is 0 Å². The van der Waals surface area contributed by atoms with E-state index in [4.69, 9.17) is 0 Å². The van der Waals surface area contributed by atoms with E-state index in [0.29, 0.717) is 24.5 Å². The number of hydrogen-bond acceptors (Lipinski definition) is 10. The number of hydrazine groups is 1. The molecule has 334 valence electrons. The summed E-state index contributed by atoms with van der Waals surface area (Å²) in [7, 11) is 0. The van der Waals surface area contributed by atoms with Gasteiger partial charge in [0.25, 0.3) is 0 Å². The number of aromatic nitrogens is 6. The maximum atomic E-state index is 12.1. The second kappa shape index (κ2) is 24.8. The van der Waals surface area contributed by atoms with Gasteiger partial charge in [0.2, 0.25) is 11.8 Å². The Morgan fingerprint density at radius 3 is 1.38 bits per heavy atom. The van der Waals surface area contributed by atoms with E-state index < -0.39 is 0 Å². The number of unbranched alkanes of at least 4 members (excludes halogenated alkanes) is 1. The zero-order valence-corrected chi connectivity index (χ0v) is 40.3. The minimum atomic E-state index is -0.203. The molecule has 2 aliphatic heterocycles. The van der Waals surface area contributed by atoms with E-state index >= 15 is 0 Å². The molecule has 6 aromatic rings. The molecule has 6 aromatic heterocycles. The van der Waals surface area contributed by atoms with Crippen molar-refractivity contribution >= 4 is 29.6 Å². The number of carbonyl (C=O) groups is 3. The third-order valence-electron chi connectivity index (χ3n) is 10.5. The van der Waals surface area contributed by atoms with E-state index in [9.17, 15) is 14.4 Å². The van der Waals surface area contributed by atoms with Crippen LogP contribution < -0.4 is 21.5 Å². The van der Waals surface area contributed by atoms with Crippen molar-refractivity contribution in [1.82, 2.24) is 51.4 Å². The molecule has 0 aromatic carbocycles. The Bertz CT molecular complexity index is 2320. The number of rotatable bonds is 12. The van der Waals surface area contributed by atoms with Crippen molar-refractivity contribution in [3.8, 4) is 34.2 Å². The number of aryl methyl sites for hydroxylation is 6. The zero-order valence-electron chi connectivity index (χ0n) is 37.0. The third kappa shape index (κ3) is 15.4. The Labute approximate surface area is 393 Å². The summed E-state index contributed by atoms with van der Waals surface area (Å²) in [5.74, 6) is 0.550. The van der Waals surface area contributed by atoms with Gasteiger partial charge in [0.15, 0.2) is 0 Å². The van der Waals surface area contributed by atoms with Crippen LogP contribution in [0.3, 0.4) is 0 Å². The maximum Gasteiger partial charge on any atom is 0.315 e. The number of nitrogens with zero attached hydrogens (tertiary/aromatic N) is 6. The predicted octanol–water partition coefficient (Wildman–Crippen LogP) is 8.17. The fourth-order valence-corrected chi connectivity index (χ4v) is 8.69. The number of thioether (sulfide) groups is 1. The Morgan fingerprint density at radius 1 is 0.562 bits per heavy atom. The first-order chi connectivity index (χ1) is 30.5. The van der Waals surface area contributed by atoms with E-state index in [1.54, 1.807) is 12.4 Å². The largest absolute Gasteiger partial charge is 0.332 e. The number of fused-ring (bicyclic) bond motifs is 1. The van der Waals surface area contributed by atoms with Crippen molar-refractivity contribution in [2.75, 3.05) is 5.75 Å². The average molecular weight is 1060 g/mol. The van der Waals surface area contributed by atoms with Crippen LogP contribution in [0, 0.1) is 34.6 Å². The molecule has 2 aliphatic rings. The minimum absolute atomic E-state index is 0. The Balaban J connectivity index is 0.000000217. The van der Waals surface area contributed by atoms with Crippen molar-refractivity contribution in [3.05, 3.63) is 143 Å². The molecule has 8 rings (SSSR count). The summed E-state index contributed by atoms with van der Waals surface area (Å²) in [4.78, 5) is 61.5. The molecule has 2 fully saturated rings. The molecule has 64 heavy (non-hydrogen) atoms. The topological polar surface area (TPSA) is 177 Å². The summed E-state index contributed by atoms with van der Waals surface area (Å²) >= 11 is 1.87. The van der Waals surface area contributed by atoms with Gasteiger partial charge in [-0.2, -0.15) is 11.8 Å². The number of carbonyl (C=O) groups excluding carboxylic acids is 3. The fraction of sp³-hybridized carbons (Fsp3) is 0.327. The van der Waals surface area contributed by atoms with Gasteiger partial charge in [-0.1, -0.05) is 6.42 Å². The van der Waals surface area contributed by atoms with Crippen molar-refractivity contribution < 1.29 is 34.2 Å². The van der Waals surface area contributed by atoms with Crippen LogP contribution in [0.5, 0.6) is 0 Å². The van der Waals surface area contributed by atoms with Crippen LogP contribution in [-0.4, -0.2) is 70.8 Å².